The van der Waals surface area contributed by atoms with Crippen LogP contribution in [0.5, 0.6) is 0 Å². The molecule has 0 aromatic heterocycles. The van der Waals surface area contributed by atoms with E-state index in [2.05, 4.69) is 4.74 Å². The zero-order valence-electron chi connectivity index (χ0n) is 10.8. The highest BCUT2D eigenvalue weighted by Gasteiger charge is 2.13. The summed E-state index contributed by atoms with van der Waals surface area (Å²) in [5, 5.41) is -0.0232. The van der Waals surface area contributed by atoms with Crippen LogP contribution in [-0.4, -0.2) is 37.5 Å². The molecule has 0 bridgehead atoms. The molecule has 1 aromatic rings. The molecular weight excluding hydrogens is 273 g/mol. The Bertz CT molecular complexity index is 479. The van der Waals surface area contributed by atoms with Gasteiger partial charge in [0.1, 0.15) is 5.82 Å². The molecule has 0 aliphatic heterocycles. The van der Waals surface area contributed by atoms with Crippen LogP contribution in [-0.2, 0) is 9.53 Å². The monoisotopic (exact) mass is 287 g/mol. The Kier molecular flexibility index (Phi) is 5.76. The predicted octanol–water partition coefficient (Wildman–Crippen LogP) is 2.50. The molecule has 0 heterocycles. The second-order valence-electron chi connectivity index (χ2n) is 4.04. The molecule has 0 N–H and O–H groups in total. The van der Waals surface area contributed by atoms with Crippen molar-refractivity contribution in [1.82, 2.24) is 4.90 Å². The first-order chi connectivity index (χ1) is 8.95. The molecule has 4 nitrogen and oxygen atoms in total. The normalized spacial score (nSPS) is 10.1. The van der Waals surface area contributed by atoms with Crippen molar-refractivity contribution in [2.24, 2.45) is 0 Å². The Balaban J connectivity index is 2.56. The minimum absolute atomic E-state index is 0.0232. The molecule has 0 saturated carbocycles. The van der Waals surface area contributed by atoms with E-state index in [1.807, 2.05) is 0 Å². The molecule has 0 atom stereocenters. The maximum atomic E-state index is 13.2. The Labute approximate surface area is 116 Å². The number of ether oxygens (including phenoxy) is 1. The van der Waals surface area contributed by atoms with Gasteiger partial charge in [0.15, 0.2) is 0 Å². The van der Waals surface area contributed by atoms with Gasteiger partial charge in [0.2, 0.25) is 0 Å². The van der Waals surface area contributed by atoms with Crippen molar-refractivity contribution in [3.8, 4) is 0 Å². The van der Waals surface area contributed by atoms with Gasteiger partial charge in [-0.15, -0.1) is 0 Å². The summed E-state index contributed by atoms with van der Waals surface area (Å²) in [5.74, 6) is -1.27. The van der Waals surface area contributed by atoms with Crippen LogP contribution >= 0.6 is 11.6 Å². The number of hydrogen-bond donors (Lipinski definition) is 0. The number of carbonyl (C=O) groups is 2. The summed E-state index contributed by atoms with van der Waals surface area (Å²) in [5.41, 5.74) is 0.225. The van der Waals surface area contributed by atoms with Gasteiger partial charge in [0, 0.05) is 25.6 Å². The largest absolute Gasteiger partial charge is 0.469 e. The topological polar surface area (TPSA) is 46.6 Å². The van der Waals surface area contributed by atoms with Crippen molar-refractivity contribution in [3.05, 3.63) is 34.6 Å². The lowest BCUT2D eigenvalue weighted by Gasteiger charge is -2.17. The predicted molar refractivity (Wildman–Crippen MR) is 69.6 cm³/mol. The summed E-state index contributed by atoms with van der Waals surface area (Å²) in [7, 11) is 2.90. The van der Waals surface area contributed by atoms with Gasteiger partial charge >= 0.3 is 5.97 Å². The van der Waals surface area contributed by atoms with Gasteiger partial charge in [-0.2, -0.15) is 0 Å². The Morgan fingerprint density at radius 1 is 1.42 bits per heavy atom. The lowest BCUT2D eigenvalue weighted by Crippen LogP contribution is -2.28. The van der Waals surface area contributed by atoms with Crippen LogP contribution in [0.15, 0.2) is 18.2 Å². The van der Waals surface area contributed by atoms with Crippen LogP contribution < -0.4 is 0 Å². The fourth-order valence-electron chi connectivity index (χ4n) is 1.51. The van der Waals surface area contributed by atoms with E-state index in [1.165, 1.54) is 24.1 Å². The van der Waals surface area contributed by atoms with E-state index in [9.17, 15) is 14.0 Å². The van der Waals surface area contributed by atoms with Crippen LogP contribution in [0.3, 0.4) is 0 Å². The molecule has 0 aliphatic carbocycles. The Morgan fingerprint density at radius 2 is 2.11 bits per heavy atom. The van der Waals surface area contributed by atoms with Crippen molar-refractivity contribution < 1.29 is 18.7 Å². The number of methoxy groups -OCH3 is 1. The standard InChI is InChI=1S/C13H15ClFNO3/c1-16(7-3-4-12(17)19-2)13(18)9-5-6-10(14)11(15)8-9/h5-6,8H,3-4,7H2,1-2H3. The van der Waals surface area contributed by atoms with E-state index in [0.717, 1.165) is 6.07 Å². The zero-order valence-corrected chi connectivity index (χ0v) is 11.5. The van der Waals surface area contributed by atoms with E-state index in [4.69, 9.17) is 11.6 Å². The number of halogens is 2. The summed E-state index contributed by atoms with van der Waals surface area (Å²) in [6.45, 7) is 0.387. The van der Waals surface area contributed by atoms with E-state index < -0.39 is 5.82 Å². The van der Waals surface area contributed by atoms with Crippen molar-refractivity contribution in [2.45, 2.75) is 12.8 Å². The average Bonchev–Trinajstić information content (AvgIpc) is 2.40. The lowest BCUT2D eigenvalue weighted by atomic mass is 10.2. The first-order valence-electron chi connectivity index (χ1n) is 5.73. The highest BCUT2D eigenvalue weighted by atomic mass is 35.5. The molecule has 1 aromatic carbocycles. The average molecular weight is 288 g/mol. The molecule has 0 unspecified atom stereocenters. The summed E-state index contributed by atoms with van der Waals surface area (Å²) in [6, 6.07) is 3.90. The molecule has 19 heavy (non-hydrogen) atoms. The van der Waals surface area contributed by atoms with Gasteiger partial charge in [-0.3, -0.25) is 9.59 Å². The second kappa shape index (κ2) is 7.09. The number of esters is 1. The highest BCUT2D eigenvalue weighted by molar-refractivity contribution is 6.30. The zero-order chi connectivity index (χ0) is 14.4. The summed E-state index contributed by atoms with van der Waals surface area (Å²) in [4.78, 5) is 24.3. The maximum Gasteiger partial charge on any atom is 0.305 e. The minimum Gasteiger partial charge on any atom is -0.469 e. The van der Waals surface area contributed by atoms with Gasteiger partial charge < -0.3 is 9.64 Å². The smallest absolute Gasteiger partial charge is 0.305 e. The molecule has 0 saturated heterocycles. The number of carbonyl (C=O) groups excluding carboxylic acids is 2. The highest BCUT2D eigenvalue weighted by Crippen LogP contribution is 2.16. The van der Waals surface area contributed by atoms with Gasteiger partial charge in [0.25, 0.3) is 5.91 Å². The number of rotatable bonds is 5. The van der Waals surface area contributed by atoms with E-state index in [0.29, 0.717) is 13.0 Å². The third-order valence-corrected chi connectivity index (χ3v) is 2.92. The molecule has 1 rings (SSSR count). The van der Waals surface area contributed by atoms with Crippen LogP contribution in [0, 0.1) is 5.82 Å². The van der Waals surface area contributed by atoms with Crippen molar-refractivity contribution in [3.63, 3.8) is 0 Å². The van der Waals surface area contributed by atoms with Gasteiger partial charge in [-0.25, -0.2) is 4.39 Å². The molecule has 6 heteroatoms. The first-order valence-corrected chi connectivity index (χ1v) is 6.11. The van der Waals surface area contributed by atoms with Gasteiger partial charge in [-0.1, -0.05) is 11.6 Å². The second-order valence-corrected chi connectivity index (χ2v) is 4.44. The molecule has 104 valence electrons. The quantitative estimate of drug-likeness (QED) is 0.782. The van der Waals surface area contributed by atoms with Crippen molar-refractivity contribution in [1.29, 1.82) is 0 Å². The molecular formula is C13H15ClFNO3. The number of amides is 1. The number of hydrogen-bond acceptors (Lipinski definition) is 3. The van der Waals surface area contributed by atoms with E-state index in [1.54, 1.807) is 7.05 Å². The summed E-state index contributed by atoms with van der Waals surface area (Å²) >= 11 is 5.55. The third kappa shape index (κ3) is 4.52. The minimum atomic E-state index is -0.629. The van der Waals surface area contributed by atoms with Crippen LogP contribution in [0.25, 0.3) is 0 Å². The Morgan fingerprint density at radius 3 is 2.68 bits per heavy atom. The molecule has 1 amide bonds. The Hall–Kier alpha value is -1.62. The SMILES string of the molecule is COC(=O)CCCN(C)C(=O)c1ccc(Cl)c(F)c1. The fraction of sp³-hybridized carbons (Fsp3) is 0.385. The van der Waals surface area contributed by atoms with Crippen LogP contribution in [0.4, 0.5) is 4.39 Å². The molecule has 0 radical (unpaired) electrons. The van der Waals surface area contributed by atoms with Crippen LogP contribution in [0.2, 0.25) is 5.02 Å². The van der Waals surface area contributed by atoms with Crippen molar-refractivity contribution >= 4 is 23.5 Å². The molecule has 0 fully saturated rings. The molecule has 0 aliphatic rings. The first kappa shape index (κ1) is 15.4. The summed E-state index contributed by atoms with van der Waals surface area (Å²) < 4.78 is 17.7. The maximum absolute atomic E-state index is 13.2. The van der Waals surface area contributed by atoms with E-state index >= 15 is 0 Å². The summed E-state index contributed by atoms with van der Waals surface area (Å²) in [6.07, 6.45) is 0.730. The fourth-order valence-corrected chi connectivity index (χ4v) is 1.63. The van der Waals surface area contributed by atoms with E-state index in [-0.39, 0.29) is 28.9 Å². The number of benzene rings is 1. The third-order valence-electron chi connectivity index (χ3n) is 2.62. The van der Waals surface area contributed by atoms with Gasteiger partial charge in [0.05, 0.1) is 12.1 Å². The lowest BCUT2D eigenvalue weighted by molar-refractivity contribution is -0.140. The molecule has 0 spiro atoms. The number of nitrogens with zero attached hydrogens (tertiary/aromatic N) is 1. The van der Waals surface area contributed by atoms with Crippen LogP contribution in [0.1, 0.15) is 23.2 Å². The van der Waals surface area contributed by atoms with Crippen molar-refractivity contribution in [2.75, 3.05) is 20.7 Å². The van der Waals surface area contributed by atoms with Gasteiger partial charge in [-0.05, 0) is 24.6 Å².